The van der Waals surface area contributed by atoms with Crippen LogP contribution in [0.25, 0.3) is 0 Å². The fourth-order valence-corrected chi connectivity index (χ4v) is 2.49. The van der Waals surface area contributed by atoms with E-state index in [-0.39, 0.29) is 11.9 Å². The van der Waals surface area contributed by atoms with Gasteiger partial charge in [0.15, 0.2) is 5.84 Å². The SMILES string of the molecule is O=C1CCCCN1CC1CONC(c2cccnc2)=N1. The molecule has 1 unspecified atom stereocenters. The standard InChI is InChI=1S/C14H18N4O2/c19-13-5-1-2-7-18(13)9-12-10-20-17-14(16-12)11-4-3-6-15-8-11/h3-4,6,8,12H,1-2,5,7,9-10H2,(H,16,17). The van der Waals surface area contributed by atoms with Gasteiger partial charge in [0.1, 0.15) is 0 Å². The summed E-state index contributed by atoms with van der Waals surface area (Å²) >= 11 is 0. The molecule has 1 fully saturated rings. The second-order valence-corrected chi connectivity index (χ2v) is 5.08. The molecule has 1 aromatic rings. The Hall–Kier alpha value is -1.95. The largest absolute Gasteiger partial charge is 0.340 e. The molecule has 106 valence electrons. The van der Waals surface area contributed by atoms with Crippen molar-refractivity contribution in [3.63, 3.8) is 0 Å². The van der Waals surface area contributed by atoms with Gasteiger partial charge in [-0.15, -0.1) is 0 Å². The Morgan fingerprint density at radius 1 is 1.45 bits per heavy atom. The first-order chi connectivity index (χ1) is 9.83. The number of pyridine rings is 1. The molecular formula is C14H18N4O2. The lowest BCUT2D eigenvalue weighted by molar-refractivity contribution is -0.133. The highest BCUT2D eigenvalue weighted by Crippen LogP contribution is 2.13. The fraction of sp³-hybridized carbons (Fsp3) is 0.500. The number of carbonyl (C=O) groups excluding carboxylic acids is 1. The fourth-order valence-electron chi connectivity index (χ4n) is 2.49. The molecule has 0 radical (unpaired) electrons. The lowest BCUT2D eigenvalue weighted by atomic mass is 10.1. The third-order valence-electron chi connectivity index (χ3n) is 3.54. The lowest BCUT2D eigenvalue weighted by Crippen LogP contribution is -2.45. The number of aromatic nitrogens is 1. The molecule has 1 saturated heterocycles. The van der Waals surface area contributed by atoms with Crippen LogP contribution in [0.3, 0.4) is 0 Å². The summed E-state index contributed by atoms with van der Waals surface area (Å²) in [5.41, 5.74) is 3.71. The molecule has 0 bridgehead atoms. The molecular weight excluding hydrogens is 256 g/mol. The average molecular weight is 274 g/mol. The molecule has 0 aromatic carbocycles. The van der Waals surface area contributed by atoms with Gasteiger partial charge in [0.2, 0.25) is 5.91 Å². The van der Waals surface area contributed by atoms with E-state index in [9.17, 15) is 4.79 Å². The zero-order valence-corrected chi connectivity index (χ0v) is 11.3. The molecule has 6 nitrogen and oxygen atoms in total. The topological polar surface area (TPSA) is 66.8 Å². The monoisotopic (exact) mass is 274 g/mol. The summed E-state index contributed by atoms with van der Waals surface area (Å²) in [7, 11) is 0. The smallest absolute Gasteiger partial charge is 0.222 e. The Morgan fingerprint density at radius 3 is 3.20 bits per heavy atom. The zero-order valence-electron chi connectivity index (χ0n) is 11.3. The van der Waals surface area contributed by atoms with Gasteiger partial charge in [-0.3, -0.25) is 19.6 Å². The Kier molecular flexibility index (Phi) is 3.92. The minimum atomic E-state index is -0.0199. The van der Waals surface area contributed by atoms with Gasteiger partial charge in [0.05, 0.1) is 12.6 Å². The number of piperidine rings is 1. The van der Waals surface area contributed by atoms with E-state index in [0.29, 0.717) is 25.4 Å². The minimum Gasteiger partial charge on any atom is -0.340 e. The van der Waals surface area contributed by atoms with E-state index in [1.54, 1.807) is 12.4 Å². The number of hydroxylamine groups is 1. The Morgan fingerprint density at radius 2 is 2.40 bits per heavy atom. The van der Waals surface area contributed by atoms with E-state index in [1.165, 1.54) is 0 Å². The summed E-state index contributed by atoms with van der Waals surface area (Å²) < 4.78 is 0. The number of amides is 1. The number of nitrogens with zero attached hydrogens (tertiary/aromatic N) is 3. The molecule has 1 N–H and O–H groups in total. The molecule has 0 aliphatic carbocycles. The maximum Gasteiger partial charge on any atom is 0.222 e. The lowest BCUT2D eigenvalue weighted by Gasteiger charge is -2.31. The van der Waals surface area contributed by atoms with Gasteiger partial charge in [-0.05, 0) is 25.0 Å². The number of aliphatic imine (C=N–C) groups is 1. The third kappa shape index (κ3) is 2.96. The zero-order chi connectivity index (χ0) is 13.8. The van der Waals surface area contributed by atoms with Gasteiger partial charge in [-0.1, -0.05) is 0 Å². The molecule has 20 heavy (non-hydrogen) atoms. The second-order valence-electron chi connectivity index (χ2n) is 5.08. The van der Waals surface area contributed by atoms with Gasteiger partial charge in [-0.25, -0.2) is 5.48 Å². The van der Waals surface area contributed by atoms with Crippen LogP contribution in [-0.4, -0.2) is 47.4 Å². The van der Waals surface area contributed by atoms with Crippen molar-refractivity contribution in [2.75, 3.05) is 19.7 Å². The highest BCUT2D eigenvalue weighted by atomic mass is 16.6. The van der Waals surface area contributed by atoms with E-state index in [4.69, 9.17) is 4.84 Å². The maximum absolute atomic E-state index is 11.8. The number of amidine groups is 1. The van der Waals surface area contributed by atoms with Gasteiger partial charge in [-0.2, -0.15) is 0 Å². The van der Waals surface area contributed by atoms with Crippen LogP contribution < -0.4 is 5.48 Å². The number of hydrogen-bond donors (Lipinski definition) is 1. The van der Waals surface area contributed by atoms with Crippen molar-refractivity contribution in [3.8, 4) is 0 Å². The number of likely N-dealkylation sites (tertiary alicyclic amines) is 1. The van der Waals surface area contributed by atoms with E-state index < -0.39 is 0 Å². The van der Waals surface area contributed by atoms with E-state index >= 15 is 0 Å². The Balaban J connectivity index is 1.69. The van der Waals surface area contributed by atoms with Crippen LogP contribution in [0.4, 0.5) is 0 Å². The highest BCUT2D eigenvalue weighted by Gasteiger charge is 2.24. The van der Waals surface area contributed by atoms with Crippen molar-refractivity contribution in [3.05, 3.63) is 30.1 Å². The first kappa shape index (κ1) is 13.1. The number of rotatable bonds is 3. The molecule has 1 atom stereocenters. The minimum absolute atomic E-state index is 0.0199. The molecule has 0 saturated carbocycles. The summed E-state index contributed by atoms with van der Waals surface area (Å²) in [4.78, 5) is 27.8. The first-order valence-corrected chi connectivity index (χ1v) is 6.97. The summed E-state index contributed by atoms with van der Waals surface area (Å²) in [5.74, 6) is 0.909. The van der Waals surface area contributed by atoms with Crippen molar-refractivity contribution >= 4 is 11.7 Å². The molecule has 6 heteroatoms. The summed E-state index contributed by atoms with van der Waals surface area (Å²) in [6, 6.07) is 3.77. The molecule has 0 spiro atoms. The van der Waals surface area contributed by atoms with Crippen LogP contribution in [0.1, 0.15) is 24.8 Å². The van der Waals surface area contributed by atoms with Crippen LogP contribution in [0.15, 0.2) is 29.5 Å². The van der Waals surface area contributed by atoms with Gasteiger partial charge in [0.25, 0.3) is 0 Å². The normalized spacial score (nSPS) is 23.2. The Labute approximate surface area is 117 Å². The number of hydrogen-bond acceptors (Lipinski definition) is 5. The number of carbonyl (C=O) groups is 1. The van der Waals surface area contributed by atoms with Crippen LogP contribution in [0.5, 0.6) is 0 Å². The molecule has 1 aromatic heterocycles. The van der Waals surface area contributed by atoms with Crippen molar-refractivity contribution in [2.24, 2.45) is 4.99 Å². The van der Waals surface area contributed by atoms with E-state index in [0.717, 1.165) is 24.9 Å². The second kappa shape index (κ2) is 6.00. The molecule has 2 aliphatic heterocycles. The summed E-state index contributed by atoms with van der Waals surface area (Å²) in [6.45, 7) is 1.94. The van der Waals surface area contributed by atoms with Gasteiger partial charge < -0.3 is 4.90 Å². The average Bonchev–Trinajstić information content (AvgIpc) is 2.51. The van der Waals surface area contributed by atoms with Crippen LogP contribution in [0, 0.1) is 0 Å². The third-order valence-corrected chi connectivity index (χ3v) is 3.54. The van der Waals surface area contributed by atoms with Gasteiger partial charge >= 0.3 is 0 Å². The molecule has 1 amide bonds. The van der Waals surface area contributed by atoms with Crippen LogP contribution >= 0.6 is 0 Å². The molecule has 2 aliphatic rings. The van der Waals surface area contributed by atoms with Gasteiger partial charge in [0, 0.05) is 37.5 Å². The molecule has 3 rings (SSSR count). The van der Waals surface area contributed by atoms with E-state index in [2.05, 4.69) is 15.5 Å². The summed E-state index contributed by atoms with van der Waals surface area (Å²) in [6.07, 6.45) is 6.20. The van der Waals surface area contributed by atoms with Crippen LogP contribution in [0.2, 0.25) is 0 Å². The van der Waals surface area contributed by atoms with Crippen molar-refractivity contribution in [1.29, 1.82) is 0 Å². The predicted octanol–water partition coefficient (Wildman–Crippen LogP) is 0.744. The Bertz CT molecular complexity index is 503. The van der Waals surface area contributed by atoms with Crippen molar-refractivity contribution in [1.82, 2.24) is 15.4 Å². The van der Waals surface area contributed by atoms with Crippen LogP contribution in [-0.2, 0) is 9.63 Å². The highest BCUT2D eigenvalue weighted by molar-refractivity contribution is 5.98. The first-order valence-electron chi connectivity index (χ1n) is 6.97. The van der Waals surface area contributed by atoms with Crippen molar-refractivity contribution in [2.45, 2.75) is 25.3 Å². The quantitative estimate of drug-likeness (QED) is 0.883. The number of nitrogens with one attached hydrogen (secondary N) is 1. The summed E-state index contributed by atoms with van der Waals surface area (Å²) in [5, 5.41) is 0. The predicted molar refractivity (Wildman–Crippen MR) is 74.1 cm³/mol. The maximum atomic E-state index is 11.8. The molecule has 3 heterocycles. The van der Waals surface area contributed by atoms with E-state index in [1.807, 2.05) is 17.0 Å². The van der Waals surface area contributed by atoms with Crippen molar-refractivity contribution < 1.29 is 9.63 Å².